The number of rotatable bonds is 4. The van der Waals surface area contributed by atoms with Gasteiger partial charge in [-0.25, -0.2) is 0 Å². The van der Waals surface area contributed by atoms with Crippen LogP contribution in [0.1, 0.15) is 47.9 Å². The summed E-state index contributed by atoms with van der Waals surface area (Å²) in [6.45, 7) is 5.22. The molecule has 2 aromatic carbocycles. The van der Waals surface area contributed by atoms with Gasteiger partial charge >= 0.3 is 5.97 Å². The smallest absolute Gasteiger partial charge is 0.310 e. The van der Waals surface area contributed by atoms with Crippen LogP contribution in [0.3, 0.4) is 0 Å². The molecule has 0 spiro atoms. The number of nitrogens with zero attached hydrogens (tertiary/aromatic N) is 1. The molecule has 0 saturated carbocycles. The van der Waals surface area contributed by atoms with Crippen LogP contribution < -0.4 is 0 Å². The van der Waals surface area contributed by atoms with E-state index in [9.17, 15) is 4.79 Å². The number of ether oxygens (including phenoxy) is 1. The number of hydrogen-bond acceptors (Lipinski definition) is 3. The maximum atomic E-state index is 12.2. The molecule has 1 aliphatic heterocycles. The van der Waals surface area contributed by atoms with Gasteiger partial charge in [-0.15, -0.1) is 0 Å². The molecule has 142 valence electrons. The van der Waals surface area contributed by atoms with Crippen molar-refractivity contribution < 1.29 is 9.53 Å². The summed E-state index contributed by atoms with van der Waals surface area (Å²) in [7, 11) is 0. The Hall–Kier alpha value is -2.13. The highest BCUT2D eigenvalue weighted by molar-refractivity contribution is 5.72. The van der Waals surface area contributed by atoms with E-state index in [1.165, 1.54) is 22.3 Å². The Morgan fingerprint density at radius 2 is 1.67 bits per heavy atom. The van der Waals surface area contributed by atoms with E-state index < -0.39 is 0 Å². The van der Waals surface area contributed by atoms with Gasteiger partial charge in [0.15, 0.2) is 0 Å². The number of hydrogen-bond donors (Lipinski definition) is 0. The molecule has 27 heavy (non-hydrogen) atoms. The number of benzene rings is 2. The first-order valence-corrected chi connectivity index (χ1v) is 10.3. The largest absolute Gasteiger partial charge is 0.466 e. The number of carbonyl (C=O) groups is 1. The third-order valence-corrected chi connectivity index (χ3v) is 6.09. The molecule has 0 bridgehead atoms. The summed E-state index contributed by atoms with van der Waals surface area (Å²) in [6, 6.07) is 17.8. The van der Waals surface area contributed by atoms with Gasteiger partial charge in [0.2, 0.25) is 0 Å². The summed E-state index contributed by atoms with van der Waals surface area (Å²) in [4.78, 5) is 14.7. The lowest BCUT2D eigenvalue weighted by molar-refractivity contribution is -0.149. The maximum Gasteiger partial charge on any atom is 0.310 e. The van der Waals surface area contributed by atoms with Crippen molar-refractivity contribution in [2.75, 3.05) is 26.2 Å². The van der Waals surface area contributed by atoms with Crippen molar-refractivity contribution in [1.29, 1.82) is 0 Å². The normalized spacial score (nSPS) is 20.4. The van der Waals surface area contributed by atoms with Gasteiger partial charge in [0, 0.05) is 19.0 Å². The van der Waals surface area contributed by atoms with Gasteiger partial charge in [-0.1, -0.05) is 48.5 Å². The van der Waals surface area contributed by atoms with Gasteiger partial charge in [-0.05, 0) is 61.4 Å². The maximum absolute atomic E-state index is 12.2. The lowest BCUT2D eigenvalue weighted by Gasteiger charge is -2.34. The van der Waals surface area contributed by atoms with Gasteiger partial charge in [0.05, 0.1) is 12.5 Å². The number of likely N-dealkylation sites (tertiary alicyclic amines) is 1. The molecule has 0 radical (unpaired) electrons. The van der Waals surface area contributed by atoms with E-state index in [4.69, 9.17) is 4.74 Å². The first kappa shape index (κ1) is 18.2. The second kappa shape index (κ2) is 8.26. The molecule has 2 aromatic rings. The topological polar surface area (TPSA) is 29.5 Å². The van der Waals surface area contributed by atoms with Crippen LogP contribution in [0.25, 0.3) is 0 Å². The fourth-order valence-corrected chi connectivity index (χ4v) is 4.77. The Kier molecular flexibility index (Phi) is 5.58. The molecule has 1 heterocycles. The van der Waals surface area contributed by atoms with Crippen molar-refractivity contribution in [3.63, 3.8) is 0 Å². The Morgan fingerprint density at radius 1 is 1.04 bits per heavy atom. The molecule has 2 aliphatic rings. The molecule has 1 fully saturated rings. The van der Waals surface area contributed by atoms with Crippen LogP contribution >= 0.6 is 0 Å². The van der Waals surface area contributed by atoms with Crippen LogP contribution in [0.4, 0.5) is 0 Å². The Labute approximate surface area is 162 Å². The van der Waals surface area contributed by atoms with Crippen LogP contribution in [0, 0.1) is 5.92 Å². The number of fused-ring (bicyclic) bond motifs is 2. The molecule has 1 saturated heterocycles. The van der Waals surface area contributed by atoms with Crippen LogP contribution in [0.15, 0.2) is 48.5 Å². The number of carbonyl (C=O) groups excluding carboxylic acids is 1. The zero-order valence-corrected chi connectivity index (χ0v) is 16.2. The monoisotopic (exact) mass is 363 g/mol. The predicted octanol–water partition coefficient (Wildman–Crippen LogP) is 4.19. The van der Waals surface area contributed by atoms with Gasteiger partial charge in [0.1, 0.15) is 0 Å². The fraction of sp³-hybridized carbons (Fsp3) is 0.458. The van der Waals surface area contributed by atoms with E-state index in [0.717, 1.165) is 45.3 Å². The molecule has 0 amide bonds. The summed E-state index contributed by atoms with van der Waals surface area (Å²) in [5.41, 5.74) is 5.86. The van der Waals surface area contributed by atoms with Crippen LogP contribution in [-0.4, -0.2) is 37.1 Å². The van der Waals surface area contributed by atoms with E-state index in [0.29, 0.717) is 12.5 Å². The number of esters is 1. The van der Waals surface area contributed by atoms with Gasteiger partial charge in [0.25, 0.3) is 0 Å². The first-order chi connectivity index (χ1) is 13.3. The average Bonchev–Trinajstić information content (AvgIpc) is 2.86. The standard InChI is InChI=1S/C24H29NO2/c1-2-27-24(26)20-10-7-15-25(16-20)17-23-21-11-5-3-8-18(21)13-14-19-9-4-6-12-22(19)23/h3-6,8-9,11-12,20,23H,2,7,10,13-17H2,1H3. The van der Waals surface area contributed by atoms with Crippen molar-refractivity contribution in [2.45, 2.75) is 38.5 Å². The van der Waals surface area contributed by atoms with Crippen LogP contribution in [-0.2, 0) is 22.4 Å². The molecule has 0 aromatic heterocycles. The van der Waals surface area contributed by atoms with Crippen molar-refractivity contribution in [3.8, 4) is 0 Å². The second-order valence-corrected chi connectivity index (χ2v) is 7.80. The van der Waals surface area contributed by atoms with Crippen molar-refractivity contribution >= 4 is 5.97 Å². The molecule has 3 nitrogen and oxygen atoms in total. The highest BCUT2D eigenvalue weighted by Gasteiger charge is 2.30. The minimum Gasteiger partial charge on any atom is -0.466 e. The molecule has 1 aliphatic carbocycles. The fourth-order valence-electron chi connectivity index (χ4n) is 4.77. The van der Waals surface area contributed by atoms with Gasteiger partial charge in [-0.3, -0.25) is 4.79 Å². The van der Waals surface area contributed by atoms with Crippen molar-refractivity contribution in [2.24, 2.45) is 5.92 Å². The summed E-state index contributed by atoms with van der Waals surface area (Å²) in [5, 5.41) is 0. The van der Waals surface area contributed by atoms with E-state index in [-0.39, 0.29) is 11.9 Å². The SMILES string of the molecule is CCOC(=O)C1CCCN(CC2c3ccccc3CCc3ccccc32)C1. The van der Waals surface area contributed by atoms with Crippen LogP contribution in [0.2, 0.25) is 0 Å². The highest BCUT2D eigenvalue weighted by Crippen LogP contribution is 2.35. The number of piperidine rings is 1. The minimum absolute atomic E-state index is 0.0231. The Bertz CT molecular complexity index is 753. The number of aryl methyl sites for hydroxylation is 2. The molecule has 4 rings (SSSR count). The minimum atomic E-state index is -0.0242. The van der Waals surface area contributed by atoms with Gasteiger partial charge < -0.3 is 9.64 Å². The van der Waals surface area contributed by atoms with Crippen molar-refractivity contribution in [3.05, 3.63) is 70.8 Å². The van der Waals surface area contributed by atoms with E-state index in [1.54, 1.807) is 0 Å². The van der Waals surface area contributed by atoms with E-state index >= 15 is 0 Å². The predicted molar refractivity (Wildman–Crippen MR) is 108 cm³/mol. The van der Waals surface area contributed by atoms with Crippen molar-refractivity contribution in [1.82, 2.24) is 4.90 Å². The summed E-state index contributed by atoms with van der Waals surface area (Å²) in [5.74, 6) is 0.375. The lowest BCUT2D eigenvalue weighted by Crippen LogP contribution is -2.41. The summed E-state index contributed by atoms with van der Waals surface area (Å²) in [6.07, 6.45) is 4.23. The quantitative estimate of drug-likeness (QED) is 0.763. The van der Waals surface area contributed by atoms with E-state index in [1.807, 2.05) is 6.92 Å². The third kappa shape index (κ3) is 3.93. The highest BCUT2D eigenvalue weighted by atomic mass is 16.5. The Balaban J connectivity index is 1.60. The molecule has 1 atom stereocenters. The average molecular weight is 364 g/mol. The molecular formula is C24H29NO2. The zero-order chi connectivity index (χ0) is 18.6. The third-order valence-electron chi connectivity index (χ3n) is 6.09. The molecule has 3 heteroatoms. The first-order valence-electron chi connectivity index (χ1n) is 10.3. The molecular weight excluding hydrogens is 334 g/mol. The van der Waals surface area contributed by atoms with E-state index in [2.05, 4.69) is 53.4 Å². The second-order valence-electron chi connectivity index (χ2n) is 7.80. The summed E-state index contributed by atoms with van der Waals surface area (Å²) >= 11 is 0. The Morgan fingerprint density at radius 3 is 2.30 bits per heavy atom. The molecule has 1 unspecified atom stereocenters. The summed E-state index contributed by atoms with van der Waals surface area (Å²) < 4.78 is 5.29. The zero-order valence-electron chi connectivity index (χ0n) is 16.2. The van der Waals surface area contributed by atoms with Crippen LogP contribution in [0.5, 0.6) is 0 Å². The molecule has 0 N–H and O–H groups in total. The van der Waals surface area contributed by atoms with Gasteiger partial charge in [-0.2, -0.15) is 0 Å². The lowest BCUT2D eigenvalue weighted by atomic mass is 9.86.